The third kappa shape index (κ3) is 5.50. The lowest BCUT2D eigenvalue weighted by Gasteiger charge is -2.34. The lowest BCUT2D eigenvalue weighted by atomic mass is 9.85. The van der Waals surface area contributed by atoms with Gasteiger partial charge in [0.2, 0.25) is 5.91 Å². The van der Waals surface area contributed by atoms with Gasteiger partial charge < -0.3 is 20.1 Å². The maximum absolute atomic E-state index is 13.0. The number of hydrogen-bond donors (Lipinski definition) is 2. The van der Waals surface area contributed by atoms with Gasteiger partial charge in [-0.25, -0.2) is 4.79 Å². The van der Waals surface area contributed by atoms with Crippen LogP contribution in [0.1, 0.15) is 63.0 Å². The number of nitrogens with one attached hydrogen (secondary N) is 1. The fraction of sp³-hybridized carbons (Fsp3) is 0.464. The zero-order valence-corrected chi connectivity index (χ0v) is 20.4. The summed E-state index contributed by atoms with van der Waals surface area (Å²) in [4.78, 5) is 38.3. The third-order valence-corrected chi connectivity index (χ3v) is 7.45. The van der Waals surface area contributed by atoms with Crippen molar-refractivity contribution in [3.05, 3.63) is 59.7 Å². The van der Waals surface area contributed by atoms with Gasteiger partial charge in [0.25, 0.3) is 0 Å². The molecule has 2 aromatic carbocycles. The average Bonchev–Trinajstić information content (AvgIpc) is 3.19. The fourth-order valence-electron chi connectivity index (χ4n) is 5.34. The molecule has 186 valence electrons. The maximum Gasteiger partial charge on any atom is 0.407 e. The highest BCUT2D eigenvalue weighted by Gasteiger charge is 2.33. The predicted octanol–water partition coefficient (Wildman–Crippen LogP) is 4.80. The van der Waals surface area contributed by atoms with E-state index in [2.05, 4.69) is 29.6 Å². The molecular formula is C28H34N2O5. The molecule has 7 nitrogen and oxygen atoms in total. The molecule has 1 atom stereocenters. The van der Waals surface area contributed by atoms with Crippen LogP contribution in [0.5, 0.6) is 0 Å². The number of amides is 2. The third-order valence-electron chi connectivity index (χ3n) is 7.45. The molecule has 0 radical (unpaired) electrons. The van der Waals surface area contributed by atoms with E-state index < -0.39 is 12.1 Å². The Balaban J connectivity index is 1.29. The van der Waals surface area contributed by atoms with Crippen molar-refractivity contribution in [3.63, 3.8) is 0 Å². The Morgan fingerprint density at radius 3 is 2.11 bits per heavy atom. The van der Waals surface area contributed by atoms with Crippen molar-refractivity contribution < 1.29 is 24.2 Å². The Hall–Kier alpha value is -3.35. The minimum Gasteiger partial charge on any atom is -0.480 e. The van der Waals surface area contributed by atoms with Gasteiger partial charge in [-0.2, -0.15) is 0 Å². The number of carbonyl (C=O) groups is 3. The molecule has 2 aromatic rings. The SMILES string of the molecule is CCC(C)N(CC(=O)O)C(=O)C1CCC(NC(=O)OCC2c3ccccc3-c3ccccc32)CC1. The van der Waals surface area contributed by atoms with Crippen molar-refractivity contribution in [3.8, 4) is 11.1 Å². The Bertz CT molecular complexity index is 1030. The Morgan fingerprint density at radius 1 is 1.00 bits per heavy atom. The Kier molecular flexibility index (Phi) is 7.73. The largest absolute Gasteiger partial charge is 0.480 e. The maximum atomic E-state index is 13.0. The summed E-state index contributed by atoms with van der Waals surface area (Å²) < 4.78 is 5.65. The topological polar surface area (TPSA) is 95.9 Å². The van der Waals surface area contributed by atoms with Crippen LogP contribution in [0.3, 0.4) is 0 Å². The molecule has 0 heterocycles. The lowest BCUT2D eigenvalue weighted by Crippen LogP contribution is -2.47. The highest BCUT2D eigenvalue weighted by Crippen LogP contribution is 2.44. The second-order valence-electron chi connectivity index (χ2n) is 9.64. The van der Waals surface area contributed by atoms with E-state index in [1.54, 1.807) is 0 Å². The first-order valence-electron chi connectivity index (χ1n) is 12.5. The normalized spacial score (nSPS) is 19.8. The number of alkyl carbamates (subject to hydrolysis) is 1. The summed E-state index contributed by atoms with van der Waals surface area (Å²) in [5, 5.41) is 12.2. The van der Waals surface area contributed by atoms with E-state index in [4.69, 9.17) is 4.74 Å². The molecule has 1 saturated carbocycles. The van der Waals surface area contributed by atoms with Gasteiger partial charge in [-0.15, -0.1) is 0 Å². The van der Waals surface area contributed by atoms with Gasteiger partial charge in [0.1, 0.15) is 13.2 Å². The number of rotatable bonds is 8. The number of carbonyl (C=O) groups excluding carboxylic acids is 2. The van der Waals surface area contributed by atoms with Crippen molar-refractivity contribution >= 4 is 18.0 Å². The molecule has 1 fully saturated rings. The number of nitrogens with zero attached hydrogens (tertiary/aromatic N) is 1. The second kappa shape index (κ2) is 10.9. The minimum atomic E-state index is -0.996. The van der Waals surface area contributed by atoms with Crippen LogP contribution in [0.2, 0.25) is 0 Å². The highest BCUT2D eigenvalue weighted by atomic mass is 16.5. The van der Waals surface area contributed by atoms with Gasteiger partial charge in [-0.05, 0) is 61.3 Å². The summed E-state index contributed by atoms with van der Waals surface area (Å²) >= 11 is 0. The molecule has 2 aliphatic carbocycles. The molecule has 0 aliphatic heterocycles. The van der Waals surface area contributed by atoms with Gasteiger partial charge in [0, 0.05) is 23.9 Å². The number of carboxylic acid groups (broad SMARTS) is 1. The van der Waals surface area contributed by atoms with Crippen LogP contribution in [0, 0.1) is 5.92 Å². The van der Waals surface area contributed by atoms with Crippen LogP contribution < -0.4 is 5.32 Å². The summed E-state index contributed by atoms with van der Waals surface area (Å²) in [5.74, 6) is -1.28. The van der Waals surface area contributed by atoms with Crippen LogP contribution in [0.4, 0.5) is 4.79 Å². The van der Waals surface area contributed by atoms with Gasteiger partial charge >= 0.3 is 12.1 Å². The number of ether oxygens (including phenoxy) is 1. The van der Waals surface area contributed by atoms with E-state index in [0.29, 0.717) is 32.1 Å². The van der Waals surface area contributed by atoms with Crippen LogP contribution in [0.15, 0.2) is 48.5 Å². The minimum absolute atomic E-state index is 0.0160. The van der Waals surface area contributed by atoms with Crippen LogP contribution in [-0.4, -0.2) is 53.2 Å². The monoisotopic (exact) mass is 478 g/mol. The number of benzene rings is 2. The fourth-order valence-corrected chi connectivity index (χ4v) is 5.34. The second-order valence-corrected chi connectivity index (χ2v) is 9.64. The predicted molar refractivity (Wildman–Crippen MR) is 133 cm³/mol. The first-order valence-corrected chi connectivity index (χ1v) is 12.5. The lowest BCUT2D eigenvalue weighted by molar-refractivity contribution is -0.148. The van der Waals surface area contributed by atoms with E-state index in [1.807, 2.05) is 38.1 Å². The molecule has 7 heteroatoms. The molecule has 2 N–H and O–H groups in total. The molecule has 0 bridgehead atoms. The molecule has 2 aliphatic rings. The number of fused-ring (bicyclic) bond motifs is 3. The summed E-state index contributed by atoms with van der Waals surface area (Å²) in [5.41, 5.74) is 4.73. The van der Waals surface area contributed by atoms with Gasteiger partial charge in [-0.1, -0.05) is 55.5 Å². The van der Waals surface area contributed by atoms with Crippen LogP contribution in [-0.2, 0) is 14.3 Å². The van der Waals surface area contributed by atoms with Crippen LogP contribution in [0.25, 0.3) is 11.1 Å². The van der Waals surface area contributed by atoms with E-state index in [9.17, 15) is 19.5 Å². The quantitative estimate of drug-likeness (QED) is 0.568. The molecule has 2 amide bonds. The summed E-state index contributed by atoms with van der Waals surface area (Å²) in [6.07, 6.45) is 2.86. The molecule has 1 unspecified atom stereocenters. The molecule has 0 aromatic heterocycles. The Labute approximate surface area is 206 Å². The van der Waals surface area contributed by atoms with Crippen molar-refractivity contribution in [2.45, 2.75) is 64.0 Å². The van der Waals surface area contributed by atoms with Gasteiger partial charge in [0.05, 0.1) is 0 Å². The first kappa shape index (κ1) is 24.8. The van der Waals surface area contributed by atoms with Crippen LogP contribution >= 0.6 is 0 Å². The zero-order valence-electron chi connectivity index (χ0n) is 20.4. The summed E-state index contributed by atoms with van der Waals surface area (Å²) in [6.45, 7) is 3.83. The first-order chi connectivity index (χ1) is 16.9. The Morgan fingerprint density at radius 2 is 1.57 bits per heavy atom. The molecule has 0 spiro atoms. The van der Waals surface area contributed by atoms with Gasteiger partial charge in [0.15, 0.2) is 0 Å². The smallest absolute Gasteiger partial charge is 0.407 e. The number of aliphatic carboxylic acids is 1. The van der Waals surface area contributed by atoms with E-state index in [-0.39, 0.29) is 43.0 Å². The van der Waals surface area contributed by atoms with Crippen molar-refractivity contribution in [2.75, 3.05) is 13.2 Å². The summed E-state index contributed by atoms with van der Waals surface area (Å²) in [6, 6.07) is 16.3. The van der Waals surface area contributed by atoms with Crippen molar-refractivity contribution in [1.29, 1.82) is 0 Å². The molecular weight excluding hydrogens is 444 g/mol. The van der Waals surface area contributed by atoms with E-state index in [0.717, 1.165) is 0 Å². The van der Waals surface area contributed by atoms with Crippen molar-refractivity contribution in [1.82, 2.24) is 10.2 Å². The molecule has 4 rings (SSSR count). The van der Waals surface area contributed by atoms with E-state index in [1.165, 1.54) is 27.2 Å². The number of hydrogen-bond acceptors (Lipinski definition) is 4. The van der Waals surface area contributed by atoms with Crippen molar-refractivity contribution in [2.24, 2.45) is 5.92 Å². The average molecular weight is 479 g/mol. The number of carboxylic acids is 1. The van der Waals surface area contributed by atoms with E-state index >= 15 is 0 Å². The zero-order chi connectivity index (χ0) is 24.9. The highest BCUT2D eigenvalue weighted by molar-refractivity contribution is 5.83. The van der Waals surface area contributed by atoms with Gasteiger partial charge in [-0.3, -0.25) is 9.59 Å². The molecule has 0 saturated heterocycles. The summed E-state index contributed by atoms with van der Waals surface area (Å²) in [7, 11) is 0. The molecule has 35 heavy (non-hydrogen) atoms. The standard InChI is InChI=1S/C28H34N2O5/c1-3-18(2)30(16-26(31)32)27(33)19-12-14-20(15-13-19)29-28(34)35-17-25-23-10-6-4-8-21(23)22-9-5-7-11-24(22)25/h4-11,18-20,25H,3,12-17H2,1-2H3,(H,29,34)(H,31,32).